The summed E-state index contributed by atoms with van der Waals surface area (Å²) in [5.41, 5.74) is 1.36. The molecule has 7 nitrogen and oxygen atoms in total. The first kappa shape index (κ1) is 12.4. The van der Waals surface area contributed by atoms with Gasteiger partial charge in [0.1, 0.15) is 12.1 Å². The van der Waals surface area contributed by atoms with Gasteiger partial charge >= 0.3 is 0 Å². The summed E-state index contributed by atoms with van der Waals surface area (Å²) in [7, 11) is 0. The molecule has 0 aromatic carbocycles. The van der Waals surface area contributed by atoms with Crippen LogP contribution >= 0.6 is 12.2 Å². The van der Waals surface area contributed by atoms with Crippen molar-refractivity contribution in [3.05, 3.63) is 34.1 Å². The summed E-state index contributed by atoms with van der Waals surface area (Å²) in [6, 6.07) is 0. The van der Waals surface area contributed by atoms with Crippen LogP contribution in [0.25, 0.3) is 0 Å². The number of rotatable bonds is 3. The van der Waals surface area contributed by atoms with Gasteiger partial charge in [0.15, 0.2) is 0 Å². The number of aromatic nitrogens is 4. The van der Waals surface area contributed by atoms with Crippen molar-refractivity contribution < 1.29 is 10.2 Å². The Balaban J connectivity index is 2.45. The minimum atomic E-state index is -0.237. The van der Waals surface area contributed by atoms with Crippen LogP contribution in [0.3, 0.4) is 0 Å². The van der Waals surface area contributed by atoms with Gasteiger partial charge in [-0.15, -0.1) is 0 Å². The van der Waals surface area contributed by atoms with E-state index in [0.29, 0.717) is 21.6 Å². The molecule has 2 aromatic rings. The van der Waals surface area contributed by atoms with Gasteiger partial charge in [0.05, 0.1) is 18.5 Å². The van der Waals surface area contributed by atoms with E-state index in [4.69, 9.17) is 12.2 Å². The maximum absolute atomic E-state index is 9.88. The molecule has 0 aliphatic heterocycles. The lowest BCUT2D eigenvalue weighted by molar-refractivity contribution is 0.280. The van der Waals surface area contributed by atoms with Gasteiger partial charge in [-0.25, -0.2) is 0 Å². The Bertz CT molecular complexity index is 646. The fourth-order valence-corrected chi connectivity index (χ4v) is 1.51. The van der Waals surface area contributed by atoms with E-state index in [0.717, 1.165) is 0 Å². The van der Waals surface area contributed by atoms with Gasteiger partial charge in [-0.3, -0.25) is 10.1 Å². The number of hydrogen-bond donors (Lipinski definition) is 3. The standard InChI is InChI=1S/C10H11N5O2S/c1-6-9(17)8(7(4-16)2-11-6)3-13-15-5-12-14-10(15)18/h2-3,5,16-17H,4H2,1H3,(H,14,18)/b13-3+. The van der Waals surface area contributed by atoms with E-state index in [9.17, 15) is 10.2 Å². The number of nitrogens with one attached hydrogen (secondary N) is 1. The Hall–Kier alpha value is -2.06. The highest BCUT2D eigenvalue weighted by Gasteiger charge is 2.09. The molecular weight excluding hydrogens is 254 g/mol. The highest BCUT2D eigenvalue weighted by Crippen LogP contribution is 2.21. The normalized spacial score (nSPS) is 11.2. The number of aromatic hydroxyl groups is 1. The van der Waals surface area contributed by atoms with Crippen molar-refractivity contribution >= 4 is 18.4 Å². The van der Waals surface area contributed by atoms with E-state index < -0.39 is 0 Å². The summed E-state index contributed by atoms with van der Waals surface area (Å²) < 4.78 is 1.67. The van der Waals surface area contributed by atoms with Crippen LogP contribution in [0.1, 0.15) is 16.8 Å². The zero-order valence-corrected chi connectivity index (χ0v) is 10.3. The minimum absolute atomic E-state index is 0.0136. The number of pyridine rings is 1. The van der Waals surface area contributed by atoms with Gasteiger partial charge in [0.2, 0.25) is 4.77 Å². The van der Waals surface area contributed by atoms with Gasteiger partial charge < -0.3 is 10.2 Å². The molecule has 2 aromatic heterocycles. The Labute approximate surface area is 107 Å². The Morgan fingerprint density at radius 1 is 1.61 bits per heavy atom. The topological polar surface area (TPSA) is 99.3 Å². The van der Waals surface area contributed by atoms with E-state index in [1.165, 1.54) is 23.4 Å². The molecule has 0 fully saturated rings. The molecule has 0 radical (unpaired) electrons. The molecule has 3 N–H and O–H groups in total. The summed E-state index contributed by atoms with van der Waals surface area (Å²) in [6.45, 7) is 1.43. The van der Waals surface area contributed by atoms with Crippen LogP contribution in [0.5, 0.6) is 5.75 Å². The first-order chi connectivity index (χ1) is 8.63. The molecule has 94 valence electrons. The van der Waals surface area contributed by atoms with Crippen molar-refractivity contribution in [2.45, 2.75) is 13.5 Å². The largest absolute Gasteiger partial charge is 0.505 e. The molecule has 0 saturated carbocycles. The average molecular weight is 265 g/mol. The summed E-state index contributed by atoms with van der Waals surface area (Å²) in [4.78, 5) is 3.96. The van der Waals surface area contributed by atoms with Crippen LogP contribution in [0, 0.1) is 11.7 Å². The Morgan fingerprint density at radius 2 is 2.39 bits per heavy atom. The van der Waals surface area contributed by atoms with Crippen molar-refractivity contribution in [1.29, 1.82) is 0 Å². The van der Waals surface area contributed by atoms with Crippen molar-refractivity contribution in [3.8, 4) is 5.75 Å². The van der Waals surface area contributed by atoms with E-state index in [1.54, 1.807) is 6.92 Å². The number of hydrogen-bond acceptors (Lipinski definition) is 6. The number of H-pyrrole nitrogens is 1. The zero-order valence-electron chi connectivity index (χ0n) is 9.53. The molecule has 0 saturated heterocycles. The summed E-state index contributed by atoms with van der Waals surface area (Å²) in [5, 5.41) is 29.4. The second kappa shape index (κ2) is 5.07. The van der Waals surface area contributed by atoms with E-state index in [2.05, 4.69) is 20.3 Å². The highest BCUT2D eigenvalue weighted by molar-refractivity contribution is 7.71. The highest BCUT2D eigenvalue weighted by atomic mass is 32.1. The van der Waals surface area contributed by atoms with Crippen LogP contribution in [-0.4, -0.2) is 36.3 Å². The quantitative estimate of drug-likeness (QED) is 0.561. The second-order valence-electron chi connectivity index (χ2n) is 3.54. The Morgan fingerprint density at radius 3 is 3.00 bits per heavy atom. The molecule has 0 unspecified atom stereocenters. The summed E-state index contributed by atoms with van der Waals surface area (Å²) in [5.74, 6) is -0.0136. The molecule has 0 amide bonds. The summed E-state index contributed by atoms with van der Waals surface area (Å²) >= 11 is 4.93. The van der Waals surface area contributed by atoms with Gasteiger partial charge in [-0.2, -0.15) is 14.9 Å². The molecular formula is C10H11N5O2S. The van der Waals surface area contributed by atoms with Crippen LogP contribution in [0.2, 0.25) is 0 Å². The minimum Gasteiger partial charge on any atom is -0.505 e. The van der Waals surface area contributed by atoms with E-state index in [1.807, 2.05) is 0 Å². The van der Waals surface area contributed by atoms with Crippen LogP contribution < -0.4 is 0 Å². The number of aliphatic hydroxyl groups is 1. The van der Waals surface area contributed by atoms with E-state index in [-0.39, 0.29) is 12.4 Å². The molecule has 0 aliphatic rings. The lowest BCUT2D eigenvalue weighted by atomic mass is 10.1. The number of aromatic amines is 1. The third-order valence-electron chi connectivity index (χ3n) is 2.37. The first-order valence-electron chi connectivity index (χ1n) is 5.08. The van der Waals surface area contributed by atoms with Gasteiger partial charge in [-0.05, 0) is 19.1 Å². The second-order valence-corrected chi connectivity index (χ2v) is 3.93. The molecule has 0 atom stereocenters. The van der Waals surface area contributed by atoms with E-state index >= 15 is 0 Å². The lowest BCUT2D eigenvalue weighted by Crippen LogP contribution is -1.99. The lowest BCUT2D eigenvalue weighted by Gasteiger charge is -2.06. The average Bonchev–Trinajstić information content (AvgIpc) is 2.77. The van der Waals surface area contributed by atoms with Crippen molar-refractivity contribution in [2.24, 2.45) is 5.10 Å². The SMILES string of the molecule is Cc1ncc(CO)c(/C=N/n2cn[nH]c2=S)c1O. The predicted molar refractivity (Wildman–Crippen MR) is 67.0 cm³/mol. The fraction of sp³-hybridized carbons (Fsp3) is 0.200. The number of aryl methyl sites for hydroxylation is 1. The molecule has 2 rings (SSSR count). The predicted octanol–water partition coefficient (Wildman–Crippen LogP) is 0.724. The molecule has 18 heavy (non-hydrogen) atoms. The van der Waals surface area contributed by atoms with Gasteiger partial charge in [0.25, 0.3) is 0 Å². The zero-order chi connectivity index (χ0) is 13.1. The monoisotopic (exact) mass is 265 g/mol. The maximum Gasteiger partial charge on any atom is 0.216 e. The maximum atomic E-state index is 9.88. The van der Waals surface area contributed by atoms with Gasteiger partial charge in [-0.1, -0.05) is 0 Å². The molecule has 8 heteroatoms. The fourth-order valence-electron chi connectivity index (χ4n) is 1.37. The third-order valence-corrected chi connectivity index (χ3v) is 2.65. The van der Waals surface area contributed by atoms with Crippen LogP contribution in [-0.2, 0) is 6.61 Å². The van der Waals surface area contributed by atoms with Crippen molar-refractivity contribution in [1.82, 2.24) is 19.9 Å². The molecule has 0 spiro atoms. The smallest absolute Gasteiger partial charge is 0.216 e. The molecule has 0 aliphatic carbocycles. The van der Waals surface area contributed by atoms with Crippen molar-refractivity contribution in [2.75, 3.05) is 0 Å². The van der Waals surface area contributed by atoms with Crippen LogP contribution in [0.4, 0.5) is 0 Å². The number of aliphatic hydroxyl groups excluding tert-OH is 1. The van der Waals surface area contributed by atoms with Crippen LogP contribution in [0.15, 0.2) is 17.6 Å². The van der Waals surface area contributed by atoms with Crippen molar-refractivity contribution in [3.63, 3.8) is 0 Å². The molecule has 0 bridgehead atoms. The Kier molecular flexibility index (Phi) is 3.49. The van der Waals surface area contributed by atoms with Gasteiger partial charge in [0, 0.05) is 17.3 Å². The molecule has 2 heterocycles. The first-order valence-corrected chi connectivity index (χ1v) is 5.49. The third kappa shape index (κ3) is 2.29. The summed E-state index contributed by atoms with van der Waals surface area (Å²) in [6.07, 6.45) is 4.30. The number of nitrogens with zero attached hydrogens (tertiary/aromatic N) is 4.